The molecule has 1 aromatic carbocycles. The number of anilines is 1. The van der Waals surface area contributed by atoms with E-state index in [0.717, 1.165) is 17.5 Å². The van der Waals surface area contributed by atoms with Crippen LogP contribution in [0.1, 0.15) is 16.2 Å². The molecule has 0 radical (unpaired) electrons. The summed E-state index contributed by atoms with van der Waals surface area (Å²) in [5.74, 6) is 3.71. The second-order valence-corrected chi connectivity index (χ2v) is 6.94. The highest BCUT2D eigenvalue weighted by Gasteiger charge is 2.25. The van der Waals surface area contributed by atoms with Crippen molar-refractivity contribution in [3.8, 4) is 17.3 Å². The van der Waals surface area contributed by atoms with Gasteiger partial charge in [-0.1, -0.05) is 0 Å². The van der Waals surface area contributed by atoms with Crippen molar-refractivity contribution in [2.24, 2.45) is 0 Å². The average molecular weight is 392 g/mol. The molecule has 3 aromatic rings. The molecule has 0 unspecified atom stereocenters. The van der Waals surface area contributed by atoms with Gasteiger partial charge < -0.3 is 19.3 Å². The molecule has 9 heteroatoms. The maximum absolute atomic E-state index is 12.8. The second kappa shape index (κ2) is 7.08. The molecule has 29 heavy (non-hydrogen) atoms. The summed E-state index contributed by atoms with van der Waals surface area (Å²) < 4.78 is 12.6. The molecule has 0 N–H and O–H groups in total. The summed E-state index contributed by atoms with van der Waals surface area (Å²) in [7, 11) is 0. The van der Waals surface area contributed by atoms with Crippen LogP contribution in [-0.2, 0) is 0 Å². The number of amides is 1. The number of hydrogen-bond acceptors (Lipinski definition) is 7. The number of carbonyl (C=O) groups is 1. The normalized spacial score (nSPS) is 15.6. The lowest BCUT2D eigenvalue weighted by Crippen LogP contribution is -2.49. The van der Waals surface area contributed by atoms with E-state index in [9.17, 15) is 4.79 Å². The number of benzene rings is 1. The molecule has 0 atom stereocenters. The molecular formula is C20H20N6O3. The van der Waals surface area contributed by atoms with Crippen LogP contribution in [-0.4, -0.2) is 63.5 Å². The van der Waals surface area contributed by atoms with Crippen molar-refractivity contribution < 1.29 is 14.3 Å². The van der Waals surface area contributed by atoms with Crippen molar-refractivity contribution in [3.05, 3.63) is 54.1 Å². The van der Waals surface area contributed by atoms with Gasteiger partial charge in [-0.25, -0.2) is 4.98 Å². The van der Waals surface area contributed by atoms with E-state index in [4.69, 9.17) is 9.47 Å². The number of aryl methyl sites for hydroxylation is 1. The fourth-order valence-electron chi connectivity index (χ4n) is 3.59. The Hall–Kier alpha value is -3.62. The highest BCUT2D eigenvalue weighted by atomic mass is 16.7. The van der Waals surface area contributed by atoms with E-state index in [-0.39, 0.29) is 12.7 Å². The van der Waals surface area contributed by atoms with Crippen molar-refractivity contribution in [2.75, 3.05) is 37.9 Å². The summed E-state index contributed by atoms with van der Waals surface area (Å²) in [6.45, 7) is 4.77. The maximum Gasteiger partial charge on any atom is 0.254 e. The van der Waals surface area contributed by atoms with Crippen molar-refractivity contribution >= 4 is 11.7 Å². The number of hydrogen-bond donors (Lipinski definition) is 0. The quantitative estimate of drug-likeness (QED) is 0.670. The lowest BCUT2D eigenvalue weighted by atomic mass is 10.1. The first-order chi connectivity index (χ1) is 14.2. The Kier molecular flexibility index (Phi) is 4.27. The second-order valence-electron chi connectivity index (χ2n) is 6.94. The number of fused-ring (bicyclic) bond motifs is 1. The molecule has 1 saturated heterocycles. The van der Waals surface area contributed by atoms with Crippen LogP contribution < -0.4 is 14.4 Å². The molecule has 148 valence electrons. The highest BCUT2D eigenvalue weighted by Crippen LogP contribution is 2.33. The van der Waals surface area contributed by atoms with Crippen molar-refractivity contribution in [3.63, 3.8) is 0 Å². The summed E-state index contributed by atoms with van der Waals surface area (Å²) in [5, 5.41) is 8.68. The van der Waals surface area contributed by atoms with Crippen LogP contribution in [0.15, 0.2) is 42.7 Å². The van der Waals surface area contributed by atoms with Gasteiger partial charge in [0.2, 0.25) is 6.79 Å². The van der Waals surface area contributed by atoms with Gasteiger partial charge in [0.05, 0.1) is 0 Å². The minimum absolute atomic E-state index is 0.0000323. The van der Waals surface area contributed by atoms with E-state index in [1.165, 1.54) is 0 Å². The van der Waals surface area contributed by atoms with Crippen LogP contribution >= 0.6 is 0 Å². The first-order valence-corrected chi connectivity index (χ1v) is 9.47. The number of piperazine rings is 1. The lowest BCUT2D eigenvalue weighted by Gasteiger charge is -2.35. The molecule has 1 amide bonds. The molecule has 2 aliphatic heterocycles. The minimum atomic E-state index is -0.0000323. The van der Waals surface area contributed by atoms with Gasteiger partial charge in [-0.3, -0.25) is 9.36 Å². The summed E-state index contributed by atoms with van der Waals surface area (Å²) in [6.07, 6.45) is 3.60. The summed E-state index contributed by atoms with van der Waals surface area (Å²) in [5.41, 5.74) is 0.613. The fourth-order valence-corrected chi connectivity index (χ4v) is 3.59. The van der Waals surface area contributed by atoms with Gasteiger partial charge in [-0.2, -0.15) is 0 Å². The zero-order chi connectivity index (χ0) is 19.8. The van der Waals surface area contributed by atoms with Crippen LogP contribution in [0.3, 0.4) is 0 Å². The number of carbonyl (C=O) groups excluding carboxylic acids is 1. The summed E-state index contributed by atoms with van der Waals surface area (Å²) in [6, 6.07) is 9.20. The van der Waals surface area contributed by atoms with E-state index < -0.39 is 0 Å². The van der Waals surface area contributed by atoms with Gasteiger partial charge >= 0.3 is 0 Å². The van der Waals surface area contributed by atoms with Crippen LogP contribution in [0.5, 0.6) is 11.5 Å². The van der Waals surface area contributed by atoms with Gasteiger partial charge in [-0.05, 0) is 37.3 Å². The van der Waals surface area contributed by atoms with E-state index in [2.05, 4.69) is 20.1 Å². The highest BCUT2D eigenvalue weighted by molar-refractivity contribution is 5.95. The standard InChI is InChI=1S/C20H20N6O3/c1-14-21-6-7-26(14)19-5-4-18(22-23-19)24-8-10-25(11-9-24)20(27)15-2-3-16-17(12-15)29-13-28-16/h2-7,12H,8-11,13H2,1H3. The SMILES string of the molecule is Cc1nccn1-c1ccc(N2CCN(C(=O)c3ccc4c(c3)OCO4)CC2)nn1. The number of rotatable bonds is 3. The Morgan fingerprint density at radius 2 is 1.72 bits per heavy atom. The Morgan fingerprint density at radius 3 is 2.45 bits per heavy atom. The number of aromatic nitrogens is 4. The van der Waals surface area contributed by atoms with Gasteiger partial charge in [-0.15, -0.1) is 10.2 Å². The third kappa shape index (κ3) is 3.24. The molecule has 0 bridgehead atoms. The van der Waals surface area contributed by atoms with Gasteiger partial charge in [0.15, 0.2) is 23.1 Å². The number of ether oxygens (including phenoxy) is 2. The first kappa shape index (κ1) is 17.5. The van der Waals surface area contributed by atoms with Crippen LogP contribution in [0.4, 0.5) is 5.82 Å². The topological polar surface area (TPSA) is 85.6 Å². The summed E-state index contributed by atoms with van der Waals surface area (Å²) in [4.78, 5) is 21.0. The minimum Gasteiger partial charge on any atom is -0.454 e. The van der Waals surface area contributed by atoms with Crippen molar-refractivity contribution in [1.82, 2.24) is 24.6 Å². The molecule has 2 aromatic heterocycles. The predicted molar refractivity (Wildman–Crippen MR) is 105 cm³/mol. The molecule has 0 spiro atoms. The van der Waals surface area contributed by atoms with E-state index >= 15 is 0 Å². The number of imidazole rings is 1. The van der Waals surface area contributed by atoms with Crippen molar-refractivity contribution in [2.45, 2.75) is 6.92 Å². The Labute approximate surface area is 167 Å². The molecule has 0 saturated carbocycles. The predicted octanol–water partition coefficient (Wildman–Crippen LogP) is 1.66. The largest absolute Gasteiger partial charge is 0.454 e. The average Bonchev–Trinajstić information content (AvgIpc) is 3.41. The fraction of sp³-hybridized carbons (Fsp3) is 0.300. The smallest absolute Gasteiger partial charge is 0.254 e. The zero-order valence-electron chi connectivity index (χ0n) is 16.0. The Balaban J connectivity index is 1.23. The Bertz CT molecular complexity index is 1040. The molecular weight excluding hydrogens is 372 g/mol. The lowest BCUT2D eigenvalue weighted by molar-refractivity contribution is 0.0746. The Morgan fingerprint density at radius 1 is 0.966 bits per heavy atom. The van der Waals surface area contributed by atoms with Gasteiger partial charge in [0.1, 0.15) is 5.82 Å². The molecule has 1 fully saturated rings. The molecule has 9 nitrogen and oxygen atoms in total. The monoisotopic (exact) mass is 392 g/mol. The maximum atomic E-state index is 12.8. The van der Waals surface area contributed by atoms with Crippen molar-refractivity contribution in [1.29, 1.82) is 0 Å². The molecule has 0 aliphatic carbocycles. The van der Waals surface area contributed by atoms with E-state index in [1.807, 2.05) is 34.7 Å². The van der Waals surface area contributed by atoms with Gasteiger partial charge in [0, 0.05) is 44.1 Å². The third-order valence-corrected chi connectivity index (χ3v) is 5.22. The molecule has 2 aliphatic rings. The zero-order valence-corrected chi connectivity index (χ0v) is 16.0. The van der Waals surface area contributed by atoms with Crippen LogP contribution in [0.2, 0.25) is 0 Å². The molecule has 4 heterocycles. The first-order valence-electron chi connectivity index (χ1n) is 9.47. The third-order valence-electron chi connectivity index (χ3n) is 5.22. The van der Waals surface area contributed by atoms with Crippen LogP contribution in [0, 0.1) is 6.92 Å². The number of nitrogens with zero attached hydrogens (tertiary/aromatic N) is 6. The van der Waals surface area contributed by atoms with Gasteiger partial charge in [0.25, 0.3) is 5.91 Å². The van der Waals surface area contributed by atoms with E-state index in [1.54, 1.807) is 24.4 Å². The van der Waals surface area contributed by atoms with E-state index in [0.29, 0.717) is 43.2 Å². The van der Waals surface area contributed by atoms with Crippen LogP contribution in [0.25, 0.3) is 5.82 Å². The molecule has 5 rings (SSSR count). The summed E-state index contributed by atoms with van der Waals surface area (Å²) >= 11 is 0.